The minimum Gasteiger partial charge on any atom is -0.456 e. The van der Waals surface area contributed by atoms with E-state index in [1.165, 1.54) is 21.7 Å². The van der Waals surface area contributed by atoms with Crippen molar-refractivity contribution in [1.29, 1.82) is 0 Å². The van der Waals surface area contributed by atoms with Crippen LogP contribution in [-0.4, -0.2) is 0 Å². The van der Waals surface area contributed by atoms with Crippen molar-refractivity contribution in [2.24, 2.45) is 0 Å². The van der Waals surface area contributed by atoms with Gasteiger partial charge in [0.15, 0.2) is 0 Å². The molecule has 0 saturated carbocycles. The van der Waals surface area contributed by atoms with Crippen LogP contribution in [0.4, 0.5) is 28.4 Å². The van der Waals surface area contributed by atoms with Gasteiger partial charge in [-0.1, -0.05) is 133 Å². The van der Waals surface area contributed by atoms with Gasteiger partial charge in [-0.15, -0.1) is 0 Å². The van der Waals surface area contributed by atoms with Gasteiger partial charge in [0, 0.05) is 56.5 Å². The smallest absolute Gasteiger partial charge is 0.136 e. The largest absolute Gasteiger partial charge is 0.456 e. The Balaban J connectivity index is 1.12. The summed E-state index contributed by atoms with van der Waals surface area (Å²) < 4.78 is 12.8. The van der Waals surface area contributed by atoms with Crippen LogP contribution in [0.15, 0.2) is 227 Å². The van der Waals surface area contributed by atoms with E-state index in [4.69, 9.17) is 8.83 Å². The van der Waals surface area contributed by atoms with Gasteiger partial charge in [-0.05, 0) is 123 Å². The normalized spacial score (nSPS) is 11.7. The molecule has 288 valence electrons. The predicted molar refractivity (Wildman–Crippen MR) is 255 cm³/mol. The summed E-state index contributed by atoms with van der Waals surface area (Å²) in [6.07, 6.45) is 0. The van der Waals surface area contributed by atoms with E-state index in [-0.39, 0.29) is 0 Å². The molecule has 4 heteroatoms. The molecule has 0 saturated heterocycles. The Morgan fingerprint density at radius 1 is 0.311 bits per heavy atom. The van der Waals surface area contributed by atoms with Crippen molar-refractivity contribution < 1.29 is 8.83 Å². The molecule has 12 rings (SSSR count). The van der Waals surface area contributed by atoms with Crippen LogP contribution in [0.25, 0.3) is 76.5 Å². The number of hydrogen-bond acceptors (Lipinski definition) is 4. The SMILES string of the molecule is c1ccc(-c2cc(N(Cc3cccc4oc5ccccc5c34)c3ccc4ccc5cc6oc7ccccc7c6cc5c4c3)cc(N(c3ccccc3)c3ccccc3)c2)cc1. The third kappa shape index (κ3) is 6.08. The summed E-state index contributed by atoms with van der Waals surface area (Å²) in [5.74, 6) is 0. The van der Waals surface area contributed by atoms with Crippen molar-refractivity contribution in [3.05, 3.63) is 224 Å². The van der Waals surface area contributed by atoms with E-state index in [2.05, 4.69) is 210 Å². The van der Waals surface area contributed by atoms with Crippen LogP contribution in [0, 0.1) is 0 Å². The quantitative estimate of drug-likeness (QED) is 0.144. The summed E-state index contributed by atoms with van der Waals surface area (Å²) in [7, 11) is 0. The Morgan fingerprint density at radius 3 is 1.67 bits per heavy atom. The van der Waals surface area contributed by atoms with Gasteiger partial charge in [0.2, 0.25) is 0 Å². The summed E-state index contributed by atoms with van der Waals surface area (Å²) in [5, 5.41) is 9.22. The van der Waals surface area contributed by atoms with Gasteiger partial charge in [0.1, 0.15) is 22.3 Å². The first-order chi connectivity index (χ1) is 30.2. The number of furan rings is 2. The van der Waals surface area contributed by atoms with Crippen LogP contribution in [0.3, 0.4) is 0 Å². The Labute approximate surface area is 352 Å². The van der Waals surface area contributed by atoms with Crippen molar-refractivity contribution in [2.45, 2.75) is 6.54 Å². The van der Waals surface area contributed by atoms with Crippen LogP contribution in [0.1, 0.15) is 5.56 Å². The number of para-hydroxylation sites is 4. The average Bonchev–Trinajstić information content (AvgIpc) is 3.89. The van der Waals surface area contributed by atoms with E-state index < -0.39 is 0 Å². The monoisotopic (exact) mass is 782 g/mol. The van der Waals surface area contributed by atoms with Crippen molar-refractivity contribution in [3.8, 4) is 11.1 Å². The predicted octanol–water partition coefficient (Wildman–Crippen LogP) is 16.3. The van der Waals surface area contributed by atoms with Crippen LogP contribution >= 0.6 is 0 Å². The number of fused-ring (bicyclic) bond motifs is 9. The van der Waals surface area contributed by atoms with Crippen LogP contribution in [0.2, 0.25) is 0 Å². The first-order valence-electron chi connectivity index (χ1n) is 20.8. The summed E-state index contributed by atoms with van der Waals surface area (Å²) in [5.41, 5.74) is 12.4. The number of benzene rings is 10. The van der Waals surface area contributed by atoms with Gasteiger partial charge < -0.3 is 18.6 Å². The standard InChI is InChI=1S/C57H38N2O2/c1-4-15-38(16-5-1)42-31-46(34-47(32-42)59(43-18-6-2-7-19-43)44-20-8-3-9-21-44)58(37-41-17-14-26-55-57(41)49-23-11-13-25-54(49)60-55)45-30-29-39-27-28-40-33-56-52(36-51(40)50(39)35-45)48-22-10-12-24-53(48)61-56/h1-36H,37H2. The molecule has 10 aromatic carbocycles. The zero-order chi connectivity index (χ0) is 40.3. The van der Waals surface area contributed by atoms with Gasteiger partial charge in [-0.2, -0.15) is 0 Å². The molecule has 0 aliphatic rings. The fraction of sp³-hybridized carbons (Fsp3) is 0.0175. The maximum atomic E-state index is 6.44. The molecule has 0 aliphatic heterocycles. The second-order valence-electron chi connectivity index (χ2n) is 15.7. The highest BCUT2D eigenvalue weighted by Gasteiger charge is 2.21. The molecule has 61 heavy (non-hydrogen) atoms. The zero-order valence-electron chi connectivity index (χ0n) is 33.2. The summed E-state index contributed by atoms with van der Waals surface area (Å²) in [6, 6.07) is 78.0. The second kappa shape index (κ2) is 14.3. The molecule has 0 radical (unpaired) electrons. The van der Waals surface area contributed by atoms with E-state index in [1.807, 2.05) is 18.2 Å². The van der Waals surface area contributed by atoms with Crippen LogP contribution in [0.5, 0.6) is 0 Å². The molecule has 0 fully saturated rings. The third-order valence-corrected chi connectivity index (χ3v) is 12.1. The van der Waals surface area contributed by atoms with Crippen molar-refractivity contribution in [1.82, 2.24) is 0 Å². The summed E-state index contributed by atoms with van der Waals surface area (Å²) in [4.78, 5) is 4.83. The molecule has 12 aromatic rings. The number of hydrogen-bond donors (Lipinski definition) is 0. The lowest BCUT2D eigenvalue weighted by Crippen LogP contribution is -2.18. The van der Waals surface area contributed by atoms with Gasteiger partial charge in [-0.3, -0.25) is 0 Å². The van der Waals surface area contributed by atoms with Crippen molar-refractivity contribution in [3.63, 3.8) is 0 Å². The topological polar surface area (TPSA) is 32.8 Å². The lowest BCUT2D eigenvalue weighted by Gasteiger charge is -2.30. The molecule has 0 amide bonds. The molecule has 0 N–H and O–H groups in total. The van der Waals surface area contributed by atoms with E-state index in [0.29, 0.717) is 6.54 Å². The minimum absolute atomic E-state index is 0.599. The fourth-order valence-electron chi connectivity index (χ4n) is 9.19. The zero-order valence-corrected chi connectivity index (χ0v) is 33.2. The van der Waals surface area contributed by atoms with E-state index in [9.17, 15) is 0 Å². The molecule has 0 spiro atoms. The third-order valence-electron chi connectivity index (χ3n) is 12.1. The summed E-state index contributed by atoms with van der Waals surface area (Å²) in [6.45, 7) is 0.599. The number of nitrogens with zero attached hydrogens (tertiary/aromatic N) is 2. The highest BCUT2D eigenvalue weighted by molar-refractivity contribution is 6.17. The van der Waals surface area contributed by atoms with Gasteiger partial charge in [0.25, 0.3) is 0 Å². The minimum atomic E-state index is 0.599. The van der Waals surface area contributed by atoms with Gasteiger partial charge in [0.05, 0.1) is 0 Å². The van der Waals surface area contributed by atoms with Gasteiger partial charge in [-0.25, -0.2) is 0 Å². The molecule has 2 heterocycles. The average molecular weight is 783 g/mol. The molecular formula is C57H38N2O2. The lowest BCUT2D eigenvalue weighted by atomic mass is 9.98. The van der Waals surface area contributed by atoms with E-state index in [0.717, 1.165) is 88.8 Å². The maximum Gasteiger partial charge on any atom is 0.136 e. The van der Waals surface area contributed by atoms with Crippen molar-refractivity contribution in [2.75, 3.05) is 9.80 Å². The lowest BCUT2D eigenvalue weighted by molar-refractivity contribution is 0.668. The maximum absolute atomic E-state index is 6.44. The van der Waals surface area contributed by atoms with Crippen LogP contribution < -0.4 is 9.80 Å². The van der Waals surface area contributed by atoms with Gasteiger partial charge >= 0.3 is 0 Å². The molecule has 0 bridgehead atoms. The summed E-state index contributed by atoms with van der Waals surface area (Å²) >= 11 is 0. The molecule has 4 nitrogen and oxygen atoms in total. The highest BCUT2D eigenvalue weighted by atomic mass is 16.3. The fourth-order valence-corrected chi connectivity index (χ4v) is 9.19. The second-order valence-corrected chi connectivity index (χ2v) is 15.7. The Morgan fingerprint density at radius 2 is 0.902 bits per heavy atom. The molecule has 2 aromatic heterocycles. The first kappa shape index (κ1) is 34.9. The molecule has 0 unspecified atom stereocenters. The van der Waals surface area contributed by atoms with Crippen LogP contribution in [-0.2, 0) is 6.54 Å². The molecular weight excluding hydrogens is 745 g/mol. The first-order valence-corrected chi connectivity index (χ1v) is 20.8. The molecule has 0 atom stereocenters. The van der Waals surface area contributed by atoms with E-state index in [1.54, 1.807) is 0 Å². The number of anilines is 5. The Hall–Kier alpha value is -8.08. The highest BCUT2D eigenvalue weighted by Crippen LogP contribution is 2.43. The van der Waals surface area contributed by atoms with E-state index >= 15 is 0 Å². The van der Waals surface area contributed by atoms with Crippen molar-refractivity contribution >= 4 is 93.9 Å². The Bertz CT molecular complexity index is 3530. The molecule has 0 aliphatic carbocycles. The number of rotatable bonds is 8. The Kier molecular flexibility index (Phi) is 8.20.